The van der Waals surface area contributed by atoms with Gasteiger partial charge in [-0.15, -0.1) is 0 Å². The molecule has 2 aromatic rings. The molecule has 0 unspecified atom stereocenters. The number of methoxy groups -OCH3 is 1. The lowest BCUT2D eigenvalue weighted by atomic mass is 10.1. The minimum absolute atomic E-state index is 0.158. The number of thioether (sulfide) groups is 1. The minimum atomic E-state index is -0.688. The minimum Gasteiger partial charge on any atom is -0.490 e. The van der Waals surface area contributed by atoms with Gasteiger partial charge in [-0.1, -0.05) is 23.8 Å². The normalized spacial score (nSPS) is 14.6. The smallest absolute Gasteiger partial charge is 0.343 e. The zero-order chi connectivity index (χ0) is 23.3. The highest BCUT2D eigenvalue weighted by Crippen LogP contribution is 2.35. The Kier molecular flexibility index (Phi) is 7.32. The first-order valence-corrected chi connectivity index (χ1v) is 10.5. The van der Waals surface area contributed by atoms with Gasteiger partial charge >= 0.3 is 11.9 Å². The summed E-state index contributed by atoms with van der Waals surface area (Å²) in [5.41, 5.74) is 1.99. The van der Waals surface area contributed by atoms with Crippen LogP contribution < -0.4 is 9.47 Å². The Morgan fingerprint density at radius 1 is 1.06 bits per heavy atom. The lowest BCUT2D eigenvalue weighted by Crippen LogP contribution is -2.34. The third-order valence-electron chi connectivity index (χ3n) is 4.44. The van der Waals surface area contributed by atoms with E-state index in [9.17, 15) is 19.2 Å². The molecule has 8 nitrogen and oxygen atoms in total. The number of amides is 2. The summed E-state index contributed by atoms with van der Waals surface area (Å²) in [5.74, 6) is -1.25. The van der Waals surface area contributed by atoms with Gasteiger partial charge in [0.25, 0.3) is 11.1 Å². The fourth-order valence-electron chi connectivity index (χ4n) is 2.80. The van der Waals surface area contributed by atoms with Crippen LogP contribution in [-0.4, -0.2) is 48.2 Å². The molecule has 2 aromatic carbocycles. The first kappa shape index (κ1) is 23.1. The monoisotopic (exact) mass is 455 g/mol. The number of nitrogens with zero attached hydrogens (tertiary/aromatic N) is 1. The van der Waals surface area contributed by atoms with Crippen LogP contribution in [0.3, 0.4) is 0 Å². The van der Waals surface area contributed by atoms with Crippen LogP contribution in [0.1, 0.15) is 28.4 Å². The molecule has 1 heterocycles. The first-order valence-electron chi connectivity index (χ1n) is 9.70. The predicted molar refractivity (Wildman–Crippen MR) is 118 cm³/mol. The number of imide groups is 1. The summed E-state index contributed by atoms with van der Waals surface area (Å²) >= 11 is 0.726. The van der Waals surface area contributed by atoms with Crippen molar-refractivity contribution in [2.75, 3.05) is 20.3 Å². The molecule has 1 saturated heterocycles. The van der Waals surface area contributed by atoms with E-state index in [2.05, 4.69) is 4.74 Å². The second-order valence-corrected chi connectivity index (χ2v) is 7.73. The highest BCUT2D eigenvalue weighted by Gasteiger charge is 2.36. The van der Waals surface area contributed by atoms with Gasteiger partial charge in [0.15, 0.2) is 11.5 Å². The van der Waals surface area contributed by atoms with Crippen molar-refractivity contribution in [1.29, 1.82) is 0 Å². The largest absolute Gasteiger partial charge is 0.490 e. The summed E-state index contributed by atoms with van der Waals surface area (Å²) in [6.45, 7) is 3.59. The van der Waals surface area contributed by atoms with E-state index < -0.39 is 29.6 Å². The Balaban J connectivity index is 1.82. The second kappa shape index (κ2) is 10.1. The van der Waals surface area contributed by atoms with Gasteiger partial charge in [0.1, 0.15) is 6.54 Å². The molecule has 9 heteroatoms. The lowest BCUT2D eigenvalue weighted by molar-refractivity contribution is -0.143. The molecular formula is C23H21NO7S. The molecule has 0 atom stereocenters. The maximum absolute atomic E-state index is 12.5. The number of benzene rings is 2. The number of carbonyl (C=O) groups is 4. The van der Waals surface area contributed by atoms with Crippen molar-refractivity contribution < 1.29 is 33.4 Å². The number of hydrogen-bond donors (Lipinski definition) is 0. The van der Waals surface area contributed by atoms with Gasteiger partial charge in [0.05, 0.1) is 24.2 Å². The van der Waals surface area contributed by atoms with Crippen LogP contribution in [0.25, 0.3) is 6.08 Å². The van der Waals surface area contributed by atoms with Crippen molar-refractivity contribution in [3.05, 3.63) is 64.1 Å². The quantitative estimate of drug-likeness (QED) is 0.353. The summed E-state index contributed by atoms with van der Waals surface area (Å²) in [4.78, 5) is 49.4. The molecule has 0 aromatic heterocycles. The zero-order valence-electron chi connectivity index (χ0n) is 17.7. The highest BCUT2D eigenvalue weighted by molar-refractivity contribution is 8.18. The van der Waals surface area contributed by atoms with Crippen molar-refractivity contribution in [2.24, 2.45) is 0 Å². The molecule has 1 aliphatic heterocycles. The van der Waals surface area contributed by atoms with E-state index in [4.69, 9.17) is 9.47 Å². The van der Waals surface area contributed by atoms with Crippen molar-refractivity contribution in [3.63, 3.8) is 0 Å². The first-order chi connectivity index (χ1) is 15.3. The molecule has 0 bridgehead atoms. The molecule has 1 aliphatic rings. The third-order valence-corrected chi connectivity index (χ3v) is 5.35. The molecule has 3 rings (SSSR count). The van der Waals surface area contributed by atoms with Crippen LogP contribution >= 0.6 is 11.8 Å². The topological polar surface area (TPSA) is 99.2 Å². The summed E-state index contributed by atoms with van der Waals surface area (Å²) in [6.07, 6.45) is 1.51. The van der Waals surface area contributed by atoms with E-state index in [1.807, 2.05) is 19.1 Å². The number of rotatable bonds is 7. The lowest BCUT2D eigenvalue weighted by Gasteiger charge is -2.12. The molecular weight excluding hydrogens is 434 g/mol. The summed E-state index contributed by atoms with van der Waals surface area (Å²) < 4.78 is 15.6. The molecule has 166 valence electrons. The molecule has 0 aliphatic carbocycles. The third kappa shape index (κ3) is 5.36. The fraction of sp³-hybridized carbons (Fsp3) is 0.217. The summed E-state index contributed by atoms with van der Waals surface area (Å²) in [5, 5.41) is -0.555. The van der Waals surface area contributed by atoms with Crippen molar-refractivity contribution in [1.82, 2.24) is 4.90 Å². The van der Waals surface area contributed by atoms with Crippen LogP contribution in [0.15, 0.2) is 47.4 Å². The predicted octanol–water partition coefficient (Wildman–Crippen LogP) is 3.82. The Morgan fingerprint density at radius 3 is 2.44 bits per heavy atom. The summed E-state index contributed by atoms with van der Waals surface area (Å²) in [6, 6.07) is 11.8. The molecule has 1 fully saturated rings. The SMILES string of the molecule is CCOc1cc(/C=C2\SC(=O)N(CC(=O)OC)C2=O)ccc1OC(=O)c1ccc(C)cc1. The molecule has 0 spiro atoms. The average molecular weight is 455 g/mol. The van der Waals surface area contributed by atoms with E-state index in [1.54, 1.807) is 37.3 Å². The fourth-order valence-corrected chi connectivity index (χ4v) is 3.64. The van der Waals surface area contributed by atoms with Gasteiger partial charge in [-0.3, -0.25) is 19.3 Å². The Hall–Kier alpha value is -3.59. The van der Waals surface area contributed by atoms with Crippen LogP contribution in [0.2, 0.25) is 0 Å². The van der Waals surface area contributed by atoms with Crippen LogP contribution in [0.4, 0.5) is 4.79 Å². The van der Waals surface area contributed by atoms with Crippen molar-refractivity contribution in [3.8, 4) is 11.5 Å². The van der Waals surface area contributed by atoms with E-state index in [0.717, 1.165) is 22.2 Å². The van der Waals surface area contributed by atoms with Gasteiger partial charge in [-0.05, 0) is 61.5 Å². The average Bonchev–Trinajstić information content (AvgIpc) is 3.03. The Bertz CT molecular complexity index is 1090. The summed E-state index contributed by atoms with van der Waals surface area (Å²) in [7, 11) is 1.18. The molecule has 2 amide bonds. The highest BCUT2D eigenvalue weighted by atomic mass is 32.2. The number of aryl methyl sites for hydroxylation is 1. The van der Waals surface area contributed by atoms with Crippen LogP contribution in [0, 0.1) is 6.92 Å². The van der Waals surface area contributed by atoms with Crippen LogP contribution in [0.5, 0.6) is 11.5 Å². The van der Waals surface area contributed by atoms with Gasteiger partial charge in [0, 0.05) is 0 Å². The van der Waals surface area contributed by atoms with Crippen LogP contribution in [-0.2, 0) is 14.3 Å². The van der Waals surface area contributed by atoms with E-state index >= 15 is 0 Å². The zero-order valence-corrected chi connectivity index (χ0v) is 18.6. The Morgan fingerprint density at radius 2 is 1.78 bits per heavy atom. The molecule has 0 radical (unpaired) electrons. The Labute approximate surface area is 189 Å². The van der Waals surface area contributed by atoms with Crippen molar-refractivity contribution in [2.45, 2.75) is 13.8 Å². The second-order valence-electron chi connectivity index (χ2n) is 6.74. The van der Waals surface area contributed by atoms with E-state index in [0.29, 0.717) is 23.5 Å². The van der Waals surface area contributed by atoms with Crippen molar-refractivity contribution >= 4 is 40.9 Å². The van der Waals surface area contributed by atoms with Gasteiger partial charge in [-0.25, -0.2) is 4.79 Å². The van der Waals surface area contributed by atoms with Gasteiger partial charge < -0.3 is 14.2 Å². The molecule has 0 N–H and O–H groups in total. The maximum Gasteiger partial charge on any atom is 0.343 e. The molecule has 32 heavy (non-hydrogen) atoms. The van der Waals surface area contributed by atoms with E-state index in [-0.39, 0.29) is 10.7 Å². The number of hydrogen-bond acceptors (Lipinski definition) is 8. The van der Waals surface area contributed by atoms with Gasteiger partial charge in [0.2, 0.25) is 0 Å². The standard InChI is InChI=1S/C23H21NO7S/c1-4-30-18-11-15(12-19-21(26)24(23(28)32-19)13-20(25)29-3)7-10-17(18)31-22(27)16-8-5-14(2)6-9-16/h5-12H,4,13H2,1-3H3/b19-12-. The number of esters is 2. The number of ether oxygens (including phenoxy) is 3. The van der Waals surface area contributed by atoms with Gasteiger partial charge in [-0.2, -0.15) is 0 Å². The van der Waals surface area contributed by atoms with E-state index in [1.165, 1.54) is 13.2 Å². The maximum atomic E-state index is 12.5. The number of carbonyl (C=O) groups excluding carboxylic acids is 4. The molecule has 0 saturated carbocycles.